The van der Waals surface area contributed by atoms with Crippen molar-refractivity contribution in [2.45, 2.75) is 0 Å². The lowest BCUT2D eigenvalue weighted by Gasteiger charge is -2.10. The first-order valence-corrected chi connectivity index (χ1v) is 14.9. The van der Waals surface area contributed by atoms with E-state index in [1.807, 2.05) is 30.5 Å². The van der Waals surface area contributed by atoms with Crippen LogP contribution in [0.4, 0.5) is 0 Å². The van der Waals surface area contributed by atoms with Crippen LogP contribution in [0.1, 0.15) is 0 Å². The van der Waals surface area contributed by atoms with Gasteiger partial charge in [-0.3, -0.25) is 4.98 Å². The molecule has 0 aliphatic rings. The summed E-state index contributed by atoms with van der Waals surface area (Å²) >= 11 is 0. The molecule has 0 spiro atoms. The Morgan fingerprint density at radius 2 is 1.13 bits per heavy atom. The molecule has 0 bridgehead atoms. The van der Waals surface area contributed by atoms with Gasteiger partial charge in [-0.2, -0.15) is 0 Å². The lowest BCUT2D eigenvalue weighted by atomic mass is 10.0. The van der Waals surface area contributed by atoms with Crippen molar-refractivity contribution < 1.29 is 4.42 Å². The van der Waals surface area contributed by atoms with Crippen molar-refractivity contribution in [3.05, 3.63) is 146 Å². The standard InChI is InChI=1S/C40H24N4O/c1-2-7-25(8-3-1)27-13-16-28(17-14-27)38-42-39(30-18-15-26-9-4-5-10-29(26)23-30)44-40(43-38)34-11-6-12-35-36(34)33-20-19-31-24-41-22-21-32(31)37(33)45-35/h1-24H. The van der Waals surface area contributed by atoms with Crippen LogP contribution in [-0.4, -0.2) is 19.9 Å². The van der Waals surface area contributed by atoms with Crippen LogP contribution in [0.2, 0.25) is 0 Å². The molecular formula is C40H24N4O. The Balaban J connectivity index is 1.27. The minimum Gasteiger partial charge on any atom is -0.455 e. The zero-order valence-corrected chi connectivity index (χ0v) is 24.1. The number of aromatic nitrogens is 4. The van der Waals surface area contributed by atoms with Gasteiger partial charge in [-0.05, 0) is 46.2 Å². The minimum absolute atomic E-state index is 0.596. The highest BCUT2D eigenvalue weighted by Gasteiger charge is 2.19. The van der Waals surface area contributed by atoms with Crippen molar-refractivity contribution >= 4 is 43.5 Å². The summed E-state index contributed by atoms with van der Waals surface area (Å²) in [6.45, 7) is 0. The van der Waals surface area contributed by atoms with Gasteiger partial charge in [0.1, 0.15) is 11.2 Å². The van der Waals surface area contributed by atoms with Crippen molar-refractivity contribution in [3.63, 3.8) is 0 Å². The van der Waals surface area contributed by atoms with Crippen LogP contribution in [0.3, 0.4) is 0 Å². The van der Waals surface area contributed by atoms with E-state index in [1.165, 1.54) is 10.9 Å². The number of fused-ring (bicyclic) bond motifs is 6. The third-order valence-electron chi connectivity index (χ3n) is 8.41. The summed E-state index contributed by atoms with van der Waals surface area (Å²) in [7, 11) is 0. The Bertz CT molecular complexity index is 2540. The number of hydrogen-bond donors (Lipinski definition) is 0. The molecule has 0 aliphatic carbocycles. The molecule has 0 N–H and O–H groups in total. The monoisotopic (exact) mass is 576 g/mol. The van der Waals surface area contributed by atoms with Gasteiger partial charge in [-0.25, -0.2) is 15.0 Å². The molecule has 3 heterocycles. The Hall–Kier alpha value is -6.20. The van der Waals surface area contributed by atoms with Gasteiger partial charge in [-0.1, -0.05) is 109 Å². The molecule has 5 heteroatoms. The fraction of sp³-hybridized carbons (Fsp3) is 0. The molecule has 0 fully saturated rings. The van der Waals surface area contributed by atoms with Gasteiger partial charge in [0.25, 0.3) is 0 Å². The summed E-state index contributed by atoms with van der Waals surface area (Å²) in [4.78, 5) is 19.5. The van der Waals surface area contributed by atoms with Gasteiger partial charge in [-0.15, -0.1) is 0 Å². The maximum absolute atomic E-state index is 6.46. The van der Waals surface area contributed by atoms with Gasteiger partial charge in [0, 0.05) is 50.6 Å². The van der Waals surface area contributed by atoms with Gasteiger partial charge in [0.05, 0.1) is 0 Å². The topological polar surface area (TPSA) is 64.7 Å². The van der Waals surface area contributed by atoms with Crippen molar-refractivity contribution in [2.75, 3.05) is 0 Å². The molecular weight excluding hydrogens is 552 g/mol. The van der Waals surface area contributed by atoms with E-state index in [2.05, 4.69) is 114 Å². The van der Waals surface area contributed by atoms with E-state index in [0.29, 0.717) is 17.5 Å². The zero-order valence-electron chi connectivity index (χ0n) is 24.1. The molecule has 0 aliphatic heterocycles. The van der Waals surface area contributed by atoms with Crippen LogP contribution in [0, 0.1) is 0 Å². The summed E-state index contributed by atoms with van der Waals surface area (Å²) < 4.78 is 6.46. The van der Waals surface area contributed by atoms with Crippen LogP contribution in [-0.2, 0) is 0 Å². The molecule has 5 nitrogen and oxygen atoms in total. The third-order valence-corrected chi connectivity index (χ3v) is 8.41. The van der Waals surface area contributed by atoms with Gasteiger partial charge in [0.2, 0.25) is 0 Å². The number of rotatable bonds is 4. The van der Waals surface area contributed by atoms with E-state index in [-0.39, 0.29) is 0 Å². The molecule has 0 amide bonds. The first kappa shape index (κ1) is 25.3. The number of hydrogen-bond acceptors (Lipinski definition) is 5. The van der Waals surface area contributed by atoms with Crippen LogP contribution in [0.15, 0.2) is 150 Å². The fourth-order valence-electron chi connectivity index (χ4n) is 6.16. The number of benzene rings is 6. The Morgan fingerprint density at radius 1 is 0.444 bits per heavy atom. The molecule has 9 aromatic rings. The zero-order chi connectivity index (χ0) is 29.7. The molecule has 0 saturated heterocycles. The Labute approximate surface area is 258 Å². The van der Waals surface area contributed by atoms with E-state index in [9.17, 15) is 0 Å². The first-order valence-electron chi connectivity index (χ1n) is 14.9. The van der Waals surface area contributed by atoms with Crippen LogP contribution in [0.25, 0.3) is 88.8 Å². The van der Waals surface area contributed by atoms with E-state index >= 15 is 0 Å². The van der Waals surface area contributed by atoms with Crippen LogP contribution in [0.5, 0.6) is 0 Å². The number of nitrogens with zero attached hydrogens (tertiary/aromatic N) is 4. The normalized spacial score (nSPS) is 11.6. The highest BCUT2D eigenvalue weighted by molar-refractivity contribution is 6.18. The van der Waals surface area contributed by atoms with E-state index in [1.54, 1.807) is 6.20 Å². The van der Waals surface area contributed by atoms with Crippen molar-refractivity contribution in [1.29, 1.82) is 0 Å². The predicted molar refractivity (Wildman–Crippen MR) is 182 cm³/mol. The van der Waals surface area contributed by atoms with Gasteiger partial charge < -0.3 is 4.42 Å². The second kappa shape index (κ2) is 10.2. The maximum Gasteiger partial charge on any atom is 0.164 e. The van der Waals surface area contributed by atoms with Crippen LogP contribution >= 0.6 is 0 Å². The summed E-state index contributed by atoms with van der Waals surface area (Å²) in [6, 6.07) is 45.7. The van der Waals surface area contributed by atoms with Crippen LogP contribution < -0.4 is 0 Å². The van der Waals surface area contributed by atoms with E-state index in [4.69, 9.17) is 19.4 Å². The molecule has 3 aromatic heterocycles. The highest BCUT2D eigenvalue weighted by atomic mass is 16.3. The summed E-state index contributed by atoms with van der Waals surface area (Å²) in [5.41, 5.74) is 6.67. The summed E-state index contributed by atoms with van der Waals surface area (Å²) in [6.07, 6.45) is 3.66. The van der Waals surface area contributed by atoms with Crippen molar-refractivity contribution in [1.82, 2.24) is 19.9 Å². The molecule has 0 saturated carbocycles. The lowest BCUT2D eigenvalue weighted by molar-refractivity contribution is 0.672. The molecule has 0 unspecified atom stereocenters. The molecule has 9 rings (SSSR count). The minimum atomic E-state index is 0.596. The molecule has 45 heavy (non-hydrogen) atoms. The Morgan fingerprint density at radius 3 is 2.00 bits per heavy atom. The molecule has 0 atom stereocenters. The van der Waals surface area contributed by atoms with Crippen molar-refractivity contribution in [2.24, 2.45) is 0 Å². The maximum atomic E-state index is 6.46. The molecule has 6 aromatic carbocycles. The third kappa shape index (κ3) is 4.33. The summed E-state index contributed by atoms with van der Waals surface area (Å²) in [5, 5.41) is 6.36. The second-order valence-electron chi connectivity index (χ2n) is 11.1. The fourth-order valence-corrected chi connectivity index (χ4v) is 6.16. The van der Waals surface area contributed by atoms with Gasteiger partial charge in [0.15, 0.2) is 17.5 Å². The number of pyridine rings is 1. The number of furan rings is 1. The lowest BCUT2D eigenvalue weighted by Crippen LogP contribution is -2.00. The summed E-state index contributed by atoms with van der Waals surface area (Å²) in [5.74, 6) is 1.83. The largest absolute Gasteiger partial charge is 0.455 e. The van der Waals surface area contributed by atoms with Gasteiger partial charge >= 0.3 is 0 Å². The van der Waals surface area contributed by atoms with Crippen molar-refractivity contribution in [3.8, 4) is 45.3 Å². The van der Waals surface area contributed by atoms with E-state index in [0.717, 1.165) is 60.4 Å². The second-order valence-corrected chi connectivity index (χ2v) is 11.1. The Kier molecular flexibility index (Phi) is 5.74. The van der Waals surface area contributed by atoms with E-state index < -0.39 is 0 Å². The predicted octanol–water partition coefficient (Wildman–Crippen LogP) is 10.1. The highest BCUT2D eigenvalue weighted by Crippen LogP contribution is 2.39. The first-order chi connectivity index (χ1) is 22.3. The SMILES string of the molecule is c1ccc(-c2ccc(-c3nc(-c4ccc5ccccc5c4)nc(-c4cccc5oc6c7ccncc7ccc6c45)n3)cc2)cc1. The average Bonchev–Trinajstić information content (AvgIpc) is 3.51. The molecule has 210 valence electrons. The smallest absolute Gasteiger partial charge is 0.164 e. The quantitative estimate of drug-likeness (QED) is 0.209. The average molecular weight is 577 g/mol. The molecule has 0 radical (unpaired) electrons.